The highest BCUT2D eigenvalue weighted by atomic mass is 79.9. The van der Waals surface area contributed by atoms with E-state index in [-0.39, 0.29) is 0 Å². The zero-order valence-electron chi connectivity index (χ0n) is 10.7. The number of anilines is 1. The lowest BCUT2D eigenvalue weighted by atomic mass is 10.1. The van der Waals surface area contributed by atoms with Crippen LogP contribution in [0.3, 0.4) is 0 Å². The lowest BCUT2D eigenvalue weighted by Gasteiger charge is -2.03. The molecule has 6 nitrogen and oxygen atoms in total. The summed E-state index contributed by atoms with van der Waals surface area (Å²) in [5.41, 5.74) is 5.55. The minimum atomic E-state index is 0.633. The van der Waals surface area contributed by atoms with Gasteiger partial charge in [-0.2, -0.15) is 9.62 Å². The number of hydrogen-bond acceptors (Lipinski definition) is 5. The highest BCUT2D eigenvalue weighted by Crippen LogP contribution is 2.11. The molecule has 0 atom stereocenters. The third-order valence-electron chi connectivity index (χ3n) is 2.76. The molecule has 100 valence electrons. The molecule has 1 N–H and O–H groups in total. The van der Waals surface area contributed by atoms with E-state index >= 15 is 0 Å². The summed E-state index contributed by atoms with van der Waals surface area (Å²) in [5.74, 6) is 0.633. The maximum Gasteiger partial charge on any atom is 0.177 e. The largest absolute Gasteiger partial charge is 0.260 e. The summed E-state index contributed by atoms with van der Waals surface area (Å²) in [4.78, 5) is 0. The second-order valence-electron chi connectivity index (χ2n) is 4.17. The molecule has 0 aliphatic rings. The Balaban J connectivity index is 1.80. The maximum absolute atomic E-state index is 4.32. The number of halogens is 1. The smallest absolute Gasteiger partial charge is 0.177 e. The first-order chi connectivity index (χ1) is 9.72. The summed E-state index contributed by atoms with van der Waals surface area (Å²) in [6.45, 7) is 1.94. The molecule has 0 saturated carbocycles. The maximum atomic E-state index is 4.32. The van der Waals surface area contributed by atoms with Crippen molar-refractivity contribution in [2.45, 2.75) is 6.92 Å². The summed E-state index contributed by atoms with van der Waals surface area (Å²) in [6.07, 6.45) is 1.55. The number of aromatic nitrogens is 4. The van der Waals surface area contributed by atoms with E-state index in [4.69, 9.17) is 0 Å². The van der Waals surface area contributed by atoms with Crippen molar-refractivity contribution in [2.75, 3.05) is 5.43 Å². The standard InChI is InChI=1S/C13H11BrN6/c1-9(10-2-4-11(14)5-3-10)16-17-12-6-7-13-18-15-8-20(13)19-12/h2-8H,1H3,(H,17,19)/b16-9+. The number of fused-ring (bicyclic) bond motifs is 1. The van der Waals surface area contributed by atoms with Gasteiger partial charge >= 0.3 is 0 Å². The van der Waals surface area contributed by atoms with E-state index in [9.17, 15) is 0 Å². The third kappa shape index (κ3) is 2.67. The van der Waals surface area contributed by atoms with Crippen LogP contribution in [0.2, 0.25) is 0 Å². The first kappa shape index (κ1) is 12.7. The molecular weight excluding hydrogens is 320 g/mol. The molecule has 7 heteroatoms. The van der Waals surface area contributed by atoms with Gasteiger partial charge in [-0.15, -0.1) is 15.3 Å². The average molecular weight is 331 g/mol. The first-order valence-corrected chi connectivity index (χ1v) is 6.75. The van der Waals surface area contributed by atoms with Crippen LogP contribution in [0.25, 0.3) is 5.65 Å². The van der Waals surface area contributed by atoms with E-state index in [1.807, 2.05) is 43.3 Å². The number of hydrogen-bond donors (Lipinski definition) is 1. The summed E-state index contributed by atoms with van der Waals surface area (Å²) in [7, 11) is 0. The highest BCUT2D eigenvalue weighted by Gasteiger charge is 2.00. The molecule has 0 radical (unpaired) electrons. The Morgan fingerprint density at radius 1 is 1.20 bits per heavy atom. The van der Waals surface area contributed by atoms with Crippen LogP contribution in [0.4, 0.5) is 5.82 Å². The van der Waals surface area contributed by atoms with E-state index in [2.05, 4.69) is 41.8 Å². The molecule has 0 amide bonds. The van der Waals surface area contributed by atoms with Crippen molar-refractivity contribution in [3.05, 3.63) is 52.8 Å². The molecule has 3 aromatic rings. The zero-order valence-corrected chi connectivity index (χ0v) is 12.2. The lowest BCUT2D eigenvalue weighted by Crippen LogP contribution is -2.02. The second-order valence-corrected chi connectivity index (χ2v) is 5.08. The fraction of sp³-hybridized carbons (Fsp3) is 0.0769. The van der Waals surface area contributed by atoms with Crippen LogP contribution >= 0.6 is 15.9 Å². The molecule has 0 spiro atoms. The fourth-order valence-corrected chi connectivity index (χ4v) is 1.95. The number of hydrazone groups is 1. The second kappa shape index (κ2) is 5.38. The molecule has 1 aromatic carbocycles. The molecule has 2 heterocycles. The molecule has 0 fully saturated rings. The molecule has 2 aromatic heterocycles. The van der Waals surface area contributed by atoms with E-state index in [1.54, 1.807) is 10.8 Å². The van der Waals surface area contributed by atoms with E-state index in [0.717, 1.165) is 15.7 Å². The molecule has 0 saturated heterocycles. The first-order valence-electron chi connectivity index (χ1n) is 5.96. The molecular formula is C13H11BrN6. The number of nitrogens with one attached hydrogen (secondary N) is 1. The van der Waals surface area contributed by atoms with Crippen molar-refractivity contribution in [1.82, 2.24) is 19.8 Å². The van der Waals surface area contributed by atoms with Gasteiger partial charge in [0, 0.05) is 4.47 Å². The van der Waals surface area contributed by atoms with Crippen molar-refractivity contribution >= 4 is 33.1 Å². The Bertz CT molecular complexity index is 762. The van der Waals surface area contributed by atoms with Crippen molar-refractivity contribution in [1.29, 1.82) is 0 Å². The minimum Gasteiger partial charge on any atom is -0.260 e. The Labute approximate surface area is 123 Å². The predicted molar refractivity (Wildman–Crippen MR) is 80.8 cm³/mol. The molecule has 3 rings (SSSR count). The molecule has 0 aliphatic carbocycles. The Hall–Kier alpha value is -2.28. The summed E-state index contributed by atoms with van der Waals surface area (Å²) < 4.78 is 2.63. The van der Waals surface area contributed by atoms with Gasteiger partial charge < -0.3 is 0 Å². The summed E-state index contributed by atoms with van der Waals surface area (Å²) in [5, 5.41) is 16.3. The number of benzene rings is 1. The molecule has 0 unspecified atom stereocenters. The van der Waals surface area contributed by atoms with Gasteiger partial charge in [-0.1, -0.05) is 28.1 Å². The quantitative estimate of drug-likeness (QED) is 0.592. The van der Waals surface area contributed by atoms with Crippen molar-refractivity contribution in [3.63, 3.8) is 0 Å². The van der Waals surface area contributed by atoms with Gasteiger partial charge in [0.1, 0.15) is 6.33 Å². The topological polar surface area (TPSA) is 67.5 Å². The van der Waals surface area contributed by atoms with Gasteiger partial charge in [0.25, 0.3) is 0 Å². The van der Waals surface area contributed by atoms with Gasteiger partial charge in [0.15, 0.2) is 11.5 Å². The van der Waals surface area contributed by atoms with E-state index < -0.39 is 0 Å². The van der Waals surface area contributed by atoms with Crippen LogP contribution in [0.1, 0.15) is 12.5 Å². The van der Waals surface area contributed by atoms with Crippen LogP contribution in [-0.4, -0.2) is 25.5 Å². The summed E-state index contributed by atoms with van der Waals surface area (Å²) in [6, 6.07) is 11.6. The van der Waals surface area contributed by atoms with Crippen LogP contribution in [-0.2, 0) is 0 Å². The average Bonchev–Trinajstić information content (AvgIpc) is 2.93. The third-order valence-corrected chi connectivity index (χ3v) is 3.29. The van der Waals surface area contributed by atoms with E-state index in [0.29, 0.717) is 11.5 Å². The van der Waals surface area contributed by atoms with Gasteiger partial charge in [-0.25, -0.2) is 0 Å². The predicted octanol–water partition coefficient (Wildman–Crippen LogP) is 2.72. The number of nitrogens with zero attached hydrogens (tertiary/aromatic N) is 5. The van der Waals surface area contributed by atoms with Crippen LogP contribution < -0.4 is 5.43 Å². The number of rotatable bonds is 3. The summed E-state index contributed by atoms with van der Waals surface area (Å²) >= 11 is 3.41. The van der Waals surface area contributed by atoms with E-state index in [1.165, 1.54) is 0 Å². The molecule has 0 bridgehead atoms. The van der Waals surface area contributed by atoms with Crippen LogP contribution in [0.15, 0.2) is 52.3 Å². The van der Waals surface area contributed by atoms with Crippen molar-refractivity contribution in [2.24, 2.45) is 5.10 Å². The zero-order chi connectivity index (χ0) is 13.9. The van der Waals surface area contributed by atoms with Gasteiger partial charge in [-0.05, 0) is 36.8 Å². The lowest BCUT2D eigenvalue weighted by molar-refractivity contribution is 0.924. The SMILES string of the molecule is C/C(=N\Nc1ccc2nncn2n1)c1ccc(Br)cc1. The van der Waals surface area contributed by atoms with Crippen LogP contribution in [0, 0.1) is 0 Å². The van der Waals surface area contributed by atoms with Gasteiger partial charge in [0.05, 0.1) is 5.71 Å². The highest BCUT2D eigenvalue weighted by molar-refractivity contribution is 9.10. The Morgan fingerprint density at radius 3 is 2.80 bits per heavy atom. The molecule has 20 heavy (non-hydrogen) atoms. The van der Waals surface area contributed by atoms with Crippen molar-refractivity contribution in [3.8, 4) is 0 Å². The normalized spacial score (nSPS) is 11.8. The Morgan fingerprint density at radius 2 is 2.00 bits per heavy atom. The van der Waals surface area contributed by atoms with Crippen molar-refractivity contribution < 1.29 is 0 Å². The molecule has 0 aliphatic heterocycles. The Kier molecular flexibility index (Phi) is 3.42. The van der Waals surface area contributed by atoms with Crippen LogP contribution in [0.5, 0.6) is 0 Å². The fourth-order valence-electron chi connectivity index (χ4n) is 1.68. The van der Waals surface area contributed by atoms with Gasteiger partial charge in [0.2, 0.25) is 0 Å². The monoisotopic (exact) mass is 330 g/mol. The minimum absolute atomic E-state index is 0.633. The van der Waals surface area contributed by atoms with Gasteiger partial charge in [-0.3, -0.25) is 5.43 Å².